The van der Waals surface area contributed by atoms with Gasteiger partial charge in [0, 0.05) is 17.5 Å². The van der Waals surface area contributed by atoms with E-state index in [1.807, 2.05) is 11.7 Å². The van der Waals surface area contributed by atoms with Crippen molar-refractivity contribution in [1.29, 1.82) is 0 Å². The molecular weight excluding hydrogens is 290 g/mol. The molecule has 0 aliphatic rings. The third kappa shape index (κ3) is 2.98. The van der Waals surface area contributed by atoms with E-state index in [0.717, 1.165) is 26.6 Å². The van der Waals surface area contributed by atoms with E-state index < -0.39 is 0 Å². The van der Waals surface area contributed by atoms with Crippen LogP contribution in [-0.4, -0.2) is 27.7 Å². The number of nitrogens with zero attached hydrogens (tertiary/aromatic N) is 2. The third-order valence-corrected chi connectivity index (χ3v) is 4.79. The lowest BCUT2D eigenvalue weighted by molar-refractivity contribution is 0.274. The number of aliphatic hydroxyl groups excluding tert-OH is 1. The van der Waals surface area contributed by atoms with Gasteiger partial charge in [0.25, 0.3) is 0 Å². The van der Waals surface area contributed by atoms with Crippen molar-refractivity contribution in [3.8, 4) is 0 Å². The standard InChI is InChI=1S/C14H15N3OS2/c1-9-2-3-13-12(4-9)17-14(20-13)16-10(7-18)5-11-6-15-8-19-11/h2-4,6,8,10,18H,5,7H2,1H3,(H,16,17). The van der Waals surface area contributed by atoms with Gasteiger partial charge >= 0.3 is 0 Å². The first kappa shape index (κ1) is 13.5. The summed E-state index contributed by atoms with van der Waals surface area (Å²) in [7, 11) is 0. The number of hydrogen-bond acceptors (Lipinski definition) is 6. The Morgan fingerprint density at radius 1 is 1.40 bits per heavy atom. The second kappa shape index (κ2) is 5.87. The first-order valence-corrected chi connectivity index (χ1v) is 8.06. The number of rotatable bonds is 5. The molecule has 0 spiro atoms. The van der Waals surface area contributed by atoms with E-state index >= 15 is 0 Å². The van der Waals surface area contributed by atoms with Crippen LogP contribution in [0.3, 0.4) is 0 Å². The molecule has 4 nitrogen and oxygen atoms in total. The van der Waals surface area contributed by atoms with Crippen molar-refractivity contribution in [3.05, 3.63) is 40.3 Å². The molecule has 0 saturated heterocycles. The predicted molar refractivity (Wildman–Crippen MR) is 84.7 cm³/mol. The van der Waals surface area contributed by atoms with Crippen LogP contribution in [0.25, 0.3) is 10.2 Å². The van der Waals surface area contributed by atoms with E-state index in [4.69, 9.17) is 0 Å². The van der Waals surface area contributed by atoms with Crippen LogP contribution in [0.5, 0.6) is 0 Å². The van der Waals surface area contributed by atoms with E-state index in [0.29, 0.717) is 0 Å². The minimum atomic E-state index is -0.0305. The molecule has 2 heterocycles. The van der Waals surface area contributed by atoms with Crippen molar-refractivity contribution in [2.45, 2.75) is 19.4 Å². The molecule has 0 radical (unpaired) electrons. The molecule has 6 heteroatoms. The van der Waals surface area contributed by atoms with Crippen LogP contribution in [0.15, 0.2) is 29.9 Å². The lowest BCUT2D eigenvalue weighted by atomic mass is 10.2. The number of aromatic nitrogens is 2. The molecule has 0 fully saturated rings. The molecule has 2 aromatic heterocycles. The Balaban J connectivity index is 1.76. The SMILES string of the molecule is Cc1ccc2sc(NC(CO)Cc3cncs3)nc2c1. The molecule has 0 bridgehead atoms. The second-order valence-electron chi connectivity index (χ2n) is 4.69. The number of aliphatic hydroxyl groups is 1. The Hall–Kier alpha value is -1.50. The van der Waals surface area contributed by atoms with Gasteiger partial charge in [-0.3, -0.25) is 4.98 Å². The Morgan fingerprint density at radius 3 is 3.05 bits per heavy atom. The summed E-state index contributed by atoms with van der Waals surface area (Å²) < 4.78 is 1.16. The van der Waals surface area contributed by atoms with E-state index in [1.165, 1.54) is 5.56 Å². The molecule has 0 saturated carbocycles. The summed E-state index contributed by atoms with van der Waals surface area (Å²) in [4.78, 5) is 9.79. The molecule has 0 aliphatic heterocycles. The highest BCUT2D eigenvalue weighted by atomic mass is 32.1. The summed E-state index contributed by atoms with van der Waals surface area (Å²) in [6, 6.07) is 6.22. The van der Waals surface area contributed by atoms with Gasteiger partial charge in [0.15, 0.2) is 5.13 Å². The van der Waals surface area contributed by atoms with Crippen LogP contribution in [0.4, 0.5) is 5.13 Å². The van der Waals surface area contributed by atoms with Crippen LogP contribution >= 0.6 is 22.7 Å². The number of thiazole rings is 2. The number of hydrogen-bond donors (Lipinski definition) is 2. The van der Waals surface area contributed by atoms with Gasteiger partial charge in [-0.2, -0.15) is 0 Å². The third-order valence-electron chi connectivity index (χ3n) is 3.02. The van der Waals surface area contributed by atoms with E-state index in [-0.39, 0.29) is 12.6 Å². The topological polar surface area (TPSA) is 58.0 Å². The zero-order chi connectivity index (χ0) is 13.9. The van der Waals surface area contributed by atoms with Crippen LogP contribution in [-0.2, 0) is 6.42 Å². The van der Waals surface area contributed by atoms with Crippen molar-refractivity contribution in [2.24, 2.45) is 0 Å². The highest BCUT2D eigenvalue weighted by Gasteiger charge is 2.12. The number of anilines is 1. The van der Waals surface area contributed by atoms with Crippen LogP contribution in [0.1, 0.15) is 10.4 Å². The minimum absolute atomic E-state index is 0.0305. The van der Waals surface area contributed by atoms with Gasteiger partial charge in [-0.15, -0.1) is 11.3 Å². The molecule has 1 aromatic carbocycles. The zero-order valence-corrected chi connectivity index (χ0v) is 12.7. The Kier molecular flexibility index (Phi) is 3.95. The quantitative estimate of drug-likeness (QED) is 0.760. The summed E-state index contributed by atoms with van der Waals surface area (Å²) in [6.07, 6.45) is 2.60. The van der Waals surface area contributed by atoms with E-state index in [2.05, 4.69) is 40.4 Å². The summed E-state index contributed by atoms with van der Waals surface area (Å²) in [5, 5.41) is 13.7. The molecule has 0 aliphatic carbocycles. The van der Waals surface area contributed by atoms with Crippen LogP contribution in [0, 0.1) is 6.92 Å². The molecule has 2 N–H and O–H groups in total. The van der Waals surface area contributed by atoms with E-state index in [9.17, 15) is 5.11 Å². The summed E-state index contributed by atoms with van der Waals surface area (Å²) >= 11 is 3.22. The number of aryl methyl sites for hydroxylation is 1. The molecule has 1 atom stereocenters. The fraction of sp³-hybridized carbons (Fsp3) is 0.286. The van der Waals surface area contributed by atoms with Crippen molar-refractivity contribution in [1.82, 2.24) is 9.97 Å². The van der Waals surface area contributed by atoms with Gasteiger partial charge in [-0.05, 0) is 24.6 Å². The van der Waals surface area contributed by atoms with Crippen molar-refractivity contribution >= 4 is 38.0 Å². The number of nitrogens with one attached hydrogen (secondary N) is 1. The fourth-order valence-electron chi connectivity index (χ4n) is 2.02. The molecule has 3 rings (SSSR count). The van der Waals surface area contributed by atoms with Crippen molar-refractivity contribution in [2.75, 3.05) is 11.9 Å². The van der Waals surface area contributed by atoms with Gasteiger partial charge in [0.1, 0.15) is 0 Å². The zero-order valence-electron chi connectivity index (χ0n) is 11.0. The van der Waals surface area contributed by atoms with Gasteiger partial charge in [-0.1, -0.05) is 17.4 Å². The normalized spacial score (nSPS) is 12.7. The molecule has 3 aromatic rings. The monoisotopic (exact) mass is 305 g/mol. The average Bonchev–Trinajstić information content (AvgIpc) is 3.06. The Labute approximate surface area is 125 Å². The number of benzene rings is 1. The maximum Gasteiger partial charge on any atom is 0.184 e. The Morgan fingerprint density at radius 2 is 2.30 bits per heavy atom. The summed E-state index contributed by atoms with van der Waals surface area (Å²) in [5.41, 5.74) is 4.02. The summed E-state index contributed by atoms with van der Waals surface area (Å²) in [6.45, 7) is 2.14. The lowest BCUT2D eigenvalue weighted by Crippen LogP contribution is -2.25. The molecule has 1 unspecified atom stereocenters. The first-order valence-electron chi connectivity index (χ1n) is 6.36. The fourth-order valence-corrected chi connectivity index (χ4v) is 3.62. The van der Waals surface area contributed by atoms with Gasteiger partial charge in [0.05, 0.1) is 28.4 Å². The average molecular weight is 305 g/mol. The van der Waals surface area contributed by atoms with Crippen LogP contribution < -0.4 is 5.32 Å². The minimum Gasteiger partial charge on any atom is -0.394 e. The highest BCUT2D eigenvalue weighted by molar-refractivity contribution is 7.22. The predicted octanol–water partition coefficient (Wildman–Crippen LogP) is 3.08. The molecule has 104 valence electrons. The van der Waals surface area contributed by atoms with Crippen molar-refractivity contribution in [3.63, 3.8) is 0 Å². The molecule has 0 amide bonds. The van der Waals surface area contributed by atoms with Gasteiger partial charge < -0.3 is 10.4 Å². The second-order valence-corrected chi connectivity index (χ2v) is 6.69. The number of fused-ring (bicyclic) bond motifs is 1. The van der Waals surface area contributed by atoms with Crippen molar-refractivity contribution < 1.29 is 5.11 Å². The highest BCUT2D eigenvalue weighted by Crippen LogP contribution is 2.27. The molecular formula is C14H15N3OS2. The maximum absolute atomic E-state index is 9.50. The summed E-state index contributed by atoms with van der Waals surface area (Å²) in [5.74, 6) is 0. The smallest absolute Gasteiger partial charge is 0.184 e. The molecule has 20 heavy (non-hydrogen) atoms. The lowest BCUT2D eigenvalue weighted by Gasteiger charge is -2.13. The van der Waals surface area contributed by atoms with Crippen LogP contribution in [0.2, 0.25) is 0 Å². The van der Waals surface area contributed by atoms with Gasteiger partial charge in [-0.25, -0.2) is 4.98 Å². The first-order chi connectivity index (χ1) is 9.74. The Bertz CT molecular complexity index is 694. The largest absolute Gasteiger partial charge is 0.394 e. The van der Waals surface area contributed by atoms with Gasteiger partial charge in [0.2, 0.25) is 0 Å². The maximum atomic E-state index is 9.50. The van der Waals surface area contributed by atoms with E-state index in [1.54, 1.807) is 22.7 Å².